The second kappa shape index (κ2) is 3.60. The molecule has 3 aliphatic rings. The molecule has 0 amide bonds. The highest BCUT2D eigenvalue weighted by molar-refractivity contribution is 5.97. The fourth-order valence-corrected chi connectivity index (χ4v) is 3.49. The van der Waals surface area contributed by atoms with Crippen molar-refractivity contribution in [2.45, 2.75) is 26.7 Å². The number of allylic oxidation sites excluding steroid dienone is 6. The highest BCUT2D eigenvalue weighted by atomic mass is 14.3. The topological polar surface area (TPSA) is 0 Å². The lowest BCUT2D eigenvalue weighted by Crippen LogP contribution is -2.28. The third-order valence-electron chi connectivity index (χ3n) is 4.36. The Balaban J connectivity index is 2.15. The minimum Gasteiger partial charge on any atom is -0.0836 e. The first kappa shape index (κ1) is 11.0. The summed E-state index contributed by atoms with van der Waals surface area (Å²) < 4.78 is 0. The molecule has 19 heavy (non-hydrogen) atoms. The molecule has 0 saturated carbocycles. The summed E-state index contributed by atoms with van der Waals surface area (Å²) in [6.45, 7) is 4.56. The van der Waals surface area contributed by atoms with E-state index < -0.39 is 0 Å². The highest BCUT2D eigenvalue weighted by Gasteiger charge is 2.24. The van der Waals surface area contributed by atoms with E-state index >= 15 is 0 Å². The summed E-state index contributed by atoms with van der Waals surface area (Å²) in [6, 6.07) is 6.73. The SMILES string of the molecule is CC1(C)C=CC2=c3c(cccc3=C1)C1=C2CCC=C1. The molecule has 4 rings (SSSR count). The van der Waals surface area contributed by atoms with Crippen LogP contribution in [-0.4, -0.2) is 0 Å². The summed E-state index contributed by atoms with van der Waals surface area (Å²) in [5.41, 5.74) is 6.03. The summed E-state index contributed by atoms with van der Waals surface area (Å²) >= 11 is 0. The predicted octanol–water partition coefficient (Wildman–Crippen LogP) is 3.33. The van der Waals surface area contributed by atoms with Gasteiger partial charge in [0.1, 0.15) is 0 Å². The summed E-state index contributed by atoms with van der Waals surface area (Å²) in [4.78, 5) is 0. The number of fused-ring (bicyclic) bond motifs is 2. The van der Waals surface area contributed by atoms with Crippen LogP contribution in [0.1, 0.15) is 32.3 Å². The first-order chi connectivity index (χ1) is 9.16. The molecule has 0 aliphatic heterocycles. The molecule has 0 fully saturated rings. The maximum atomic E-state index is 2.40. The molecule has 0 radical (unpaired) electrons. The molecule has 1 aromatic carbocycles. The van der Waals surface area contributed by atoms with Crippen LogP contribution in [0.3, 0.4) is 0 Å². The summed E-state index contributed by atoms with van der Waals surface area (Å²) in [7, 11) is 0. The van der Waals surface area contributed by atoms with E-state index in [1.165, 1.54) is 40.0 Å². The Bertz CT molecular complexity index is 780. The molecule has 0 N–H and O–H groups in total. The maximum absolute atomic E-state index is 2.40. The van der Waals surface area contributed by atoms with Gasteiger partial charge < -0.3 is 0 Å². The van der Waals surface area contributed by atoms with Crippen LogP contribution < -0.4 is 10.4 Å². The molecule has 0 aromatic heterocycles. The van der Waals surface area contributed by atoms with Gasteiger partial charge in [-0.05, 0) is 45.6 Å². The average Bonchev–Trinajstić information content (AvgIpc) is 2.63. The van der Waals surface area contributed by atoms with Gasteiger partial charge in [-0.15, -0.1) is 0 Å². The van der Waals surface area contributed by atoms with Crippen molar-refractivity contribution in [1.82, 2.24) is 0 Å². The summed E-state index contributed by atoms with van der Waals surface area (Å²) in [5, 5.41) is 2.85. The molecular formula is C19H18. The molecule has 1 aromatic rings. The summed E-state index contributed by atoms with van der Waals surface area (Å²) in [6.07, 6.45) is 14.1. The molecule has 0 saturated heterocycles. The smallest absolute Gasteiger partial charge is 0.00169 e. The van der Waals surface area contributed by atoms with Crippen LogP contribution in [0.15, 0.2) is 48.1 Å². The van der Waals surface area contributed by atoms with Crippen molar-refractivity contribution in [3.8, 4) is 0 Å². The molecular weight excluding hydrogens is 228 g/mol. The molecule has 0 nitrogen and oxygen atoms in total. The van der Waals surface area contributed by atoms with Crippen LogP contribution in [-0.2, 0) is 0 Å². The standard InChI is InChI=1S/C19H18/c1-19(2)11-10-17-15-8-4-3-7-14(15)16-9-5-6-13(12-19)18(16)17/h3,5-7,9-12H,4,8H2,1-2H3. The van der Waals surface area contributed by atoms with Crippen molar-refractivity contribution < 1.29 is 0 Å². The summed E-state index contributed by atoms with van der Waals surface area (Å²) in [5.74, 6) is 0. The maximum Gasteiger partial charge on any atom is 0.00169 e. The van der Waals surface area contributed by atoms with E-state index in [0.717, 1.165) is 0 Å². The Hall–Kier alpha value is -1.82. The van der Waals surface area contributed by atoms with Gasteiger partial charge in [0.15, 0.2) is 0 Å². The van der Waals surface area contributed by atoms with E-state index in [4.69, 9.17) is 0 Å². The Morgan fingerprint density at radius 3 is 2.84 bits per heavy atom. The first-order valence-electron chi connectivity index (χ1n) is 7.12. The molecule has 0 atom stereocenters. The normalized spacial score (nSPS) is 21.9. The third kappa shape index (κ3) is 1.53. The molecule has 3 aliphatic carbocycles. The van der Waals surface area contributed by atoms with Crippen molar-refractivity contribution in [1.29, 1.82) is 0 Å². The van der Waals surface area contributed by atoms with Crippen LogP contribution in [0, 0.1) is 5.41 Å². The zero-order valence-electron chi connectivity index (χ0n) is 11.5. The van der Waals surface area contributed by atoms with Crippen LogP contribution in [0.4, 0.5) is 0 Å². The minimum atomic E-state index is 0.137. The van der Waals surface area contributed by atoms with Crippen molar-refractivity contribution >= 4 is 17.2 Å². The average molecular weight is 246 g/mol. The number of hydrogen-bond donors (Lipinski definition) is 0. The van der Waals surface area contributed by atoms with Gasteiger partial charge in [0, 0.05) is 5.41 Å². The van der Waals surface area contributed by atoms with Gasteiger partial charge in [-0.1, -0.05) is 62.4 Å². The second-order valence-corrected chi connectivity index (χ2v) is 6.32. The lowest BCUT2D eigenvalue weighted by molar-refractivity contribution is 0.670. The van der Waals surface area contributed by atoms with E-state index in [9.17, 15) is 0 Å². The van der Waals surface area contributed by atoms with E-state index in [1.54, 1.807) is 5.57 Å². The van der Waals surface area contributed by atoms with E-state index in [1.807, 2.05) is 0 Å². The van der Waals surface area contributed by atoms with Crippen molar-refractivity contribution in [3.05, 3.63) is 64.1 Å². The Morgan fingerprint density at radius 1 is 1.05 bits per heavy atom. The lowest BCUT2D eigenvalue weighted by atomic mass is 9.89. The van der Waals surface area contributed by atoms with Gasteiger partial charge in [-0.3, -0.25) is 0 Å². The van der Waals surface area contributed by atoms with Gasteiger partial charge >= 0.3 is 0 Å². The fraction of sp³-hybridized carbons (Fsp3) is 0.263. The minimum absolute atomic E-state index is 0.137. The quantitative estimate of drug-likeness (QED) is 0.658. The molecule has 0 spiro atoms. The Morgan fingerprint density at radius 2 is 1.95 bits per heavy atom. The van der Waals surface area contributed by atoms with Crippen molar-refractivity contribution in [3.63, 3.8) is 0 Å². The largest absolute Gasteiger partial charge is 0.0836 e. The third-order valence-corrected chi connectivity index (χ3v) is 4.36. The Labute approximate surface area is 114 Å². The number of hydrogen-bond acceptors (Lipinski definition) is 0. The zero-order valence-corrected chi connectivity index (χ0v) is 11.5. The molecule has 94 valence electrons. The zero-order chi connectivity index (χ0) is 13.0. The second-order valence-electron chi connectivity index (χ2n) is 6.32. The number of rotatable bonds is 0. The van der Waals surface area contributed by atoms with E-state index in [2.05, 4.69) is 62.4 Å². The van der Waals surface area contributed by atoms with Crippen LogP contribution in [0.5, 0.6) is 0 Å². The molecule has 0 unspecified atom stereocenters. The van der Waals surface area contributed by atoms with Crippen LogP contribution >= 0.6 is 0 Å². The van der Waals surface area contributed by atoms with Gasteiger partial charge in [-0.25, -0.2) is 0 Å². The van der Waals surface area contributed by atoms with E-state index in [0.29, 0.717) is 0 Å². The van der Waals surface area contributed by atoms with Crippen LogP contribution in [0.25, 0.3) is 17.2 Å². The monoisotopic (exact) mass is 246 g/mol. The molecule has 0 heteroatoms. The molecule has 0 heterocycles. The van der Waals surface area contributed by atoms with E-state index in [-0.39, 0.29) is 5.41 Å². The fourth-order valence-electron chi connectivity index (χ4n) is 3.49. The van der Waals surface area contributed by atoms with Gasteiger partial charge in [0.25, 0.3) is 0 Å². The lowest BCUT2D eigenvalue weighted by Gasteiger charge is -2.15. The van der Waals surface area contributed by atoms with Gasteiger partial charge in [0.05, 0.1) is 0 Å². The predicted molar refractivity (Wildman–Crippen MR) is 81.8 cm³/mol. The van der Waals surface area contributed by atoms with Crippen molar-refractivity contribution in [2.24, 2.45) is 5.41 Å². The van der Waals surface area contributed by atoms with Crippen molar-refractivity contribution in [2.75, 3.05) is 0 Å². The van der Waals surface area contributed by atoms with Gasteiger partial charge in [-0.2, -0.15) is 0 Å². The molecule has 0 bridgehead atoms. The number of benzene rings is 1. The Kier molecular flexibility index (Phi) is 2.09. The first-order valence-corrected chi connectivity index (χ1v) is 7.12. The van der Waals surface area contributed by atoms with Crippen LogP contribution in [0.2, 0.25) is 0 Å². The highest BCUT2D eigenvalue weighted by Crippen LogP contribution is 2.37. The van der Waals surface area contributed by atoms with Gasteiger partial charge in [0.2, 0.25) is 0 Å².